The van der Waals surface area contributed by atoms with Crippen molar-refractivity contribution in [2.45, 2.75) is 20.3 Å². The van der Waals surface area contributed by atoms with Crippen LogP contribution in [0.5, 0.6) is 0 Å². The predicted molar refractivity (Wildman–Crippen MR) is 75.0 cm³/mol. The van der Waals surface area contributed by atoms with Crippen molar-refractivity contribution in [3.05, 3.63) is 53.2 Å². The Balaban J connectivity index is 2.36. The number of hydrogen-bond donors (Lipinski definition) is 2. The van der Waals surface area contributed by atoms with Crippen molar-refractivity contribution in [2.75, 3.05) is 5.32 Å². The molecule has 4 heteroatoms. The molecule has 1 heterocycles. The Labute approximate surface area is 112 Å². The van der Waals surface area contributed by atoms with Gasteiger partial charge in [-0.2, -0.15) is 0 Å². The average Bonchev–Trinajstić information content (AvgIpc) is 2.41. The smallest absolute Gasteiger partial charge is 0.335 e. The molecule has 2 aromatic rings. The Morgan fingerprint density at radius 2 is 2.16 bits per heavy atom. The number of para-hydroxylation sites is 1. The van der Waals surface area contributed by atoms with E-state index in [1.807, 2.05) is 19.1 Å². The van der Waals surface area contributed by atoms with Gasteiger partial charge in [-0.15, -0.1) is 0 Å². The van der Waals surface area contributed by atoms with Crippen LogP contribution in [0.25, 0.3) is 0 Å². The molecule has 0 atom stereocenters. The number of aromatic nitrogens is 1. The third kappa shape index (κ3) is 2.91. The van der Waals surface area contributed by atoms with Crippen LogP contribution in [0.2, 0.25) is 0 Å². The van der Waals surface area contributed by atoms with Crippen LogP contribution in [0.1, 0.15) is 28.4 Å². The molecule has 0 aliphatic carbocycles. The van der Waals surface area contributed by atoms with Crippen molar-refractivity contribution in [2.24, 2.45) is 0 Å². The van der Waals surface area contributed by atoms with E-state index in [0.29, 0.717) is 5.82 Å². The second-order valence-electron chi connectivity index (χ2n) is 4.32. The molecular weight excluding hydrogens is 240 g/mol. The normalized spacial score (nSPS) is 10.2. The minimum absolute atomic E-state index is 0.226. The maximum atomic E-state index is 10.9. The zero-order valence-corrected chi connectivity index (χ0v) is 11.0. The molecule has 0 saturated heterocycles. The fraction of sp³-hybridized carbons (Fsp3) is 0.200. The second-order valence-corrected chi connectivity index (χ2v) is 4.32. The molecule has 0 bridgehead atoms. The van der Waals surface area contributed by atoms with Crippen LogP contribution in [0.15, 0.2) is 36.5 Å². The molecule has 2 rings (SSSR count). The summed E-state index contributed by atoms with van der Waals surface area (Å²) in [4.78, 5) is 15.1. The average molecular weight is 256 g/mol. The van der Waals surface area contributed by atoms with Gasteiger partial charge in [0, 0.05) is 11.9 Å². The Morgan fingerprint density at radius 3 is 2.84 bits per heavy atom. The molecule has 0 amide bonds. The number of rotatable bonds is 4. The summed E-state index contributed by atoms with van der Waals surface area (Å²) in [7, 11) is 0. The van der Waals surface area contributed by atoms with Crippen LogP contribution in [-0.4, -0.2) is 16.1 Å². The van der Waals surface area contributed by atoms with Crippen molar-refractivity contribution in [3.8, 4) is 0 Å². The lowest BCUT2D eigenvalue weighted by atomic mass is 10.1. The molecule has 2 N–H and O–H groups in total. The van der Waals surface area contributed by atoms with E-state index in [2.05, 4.69) is 23.3 Å². The van der Waals surface area contributed by atoms with Gasteiger partial charge in [0.1, 0.15) is 5.82 Å². The SMILES string of the molecule is CCc1cccc(C)c1Nc1cc(C(=O)O)ccn1. The van der Waals surface area contributed by atoms with E-state index in [-0.39, 0.29) is 5.56 Å². The number of aromatic carboxylic acids is 1. The zero-order valence-electron chi connectivity index (χ0n) is 11.0. The fourth-order valence-electron chi connectivity index (χ4n) is 1.96. The van der Waals surface area contributed by atoms with Gasteiger partial charge in [0.05, 0.1) is 5.56 Å². The summed E-state index contributed by atoms with van der Waals surface area (Å²) in [5.41, 5.74) is 3.52. The highest BCUT2D eigenvalue weighted by Crippen LogP contribution is 2.24. The minimum atomic E-state index is -0.953. The zero-order chi connectivity index (χ0) is 13.8. The third-order valence-electron chi connectivity index (χ3n) is 3.00. The third-order valence-corrected chi connectivity index (χ3v) is 3.00. The predicted octanol–water partition coefficient (Wildman–Crippen LogP) is 3.39. The number of carboxylic acids is 1. The summed E-state index contributed by atoms with van der Waals surface area (Å²) in [6, 6.07) is 9.10. The number of nitrogens with one attached hydrogen (secondary N) is 1. The number of aryl methyl sites for hydroxylation is 2. The van der Waals surface area contributed by atoms with Gasteiger partial charge >= 0.3 is 5.97 Å². The molecule has 0 aliphatic rings. The van der Waals surface area contributed by atoms with Gasteiger partial charge in [-0.3, -0.25) is 0 Å². The molecule has 0 spiro atoms. The first kappa shape index (κ1) is 13.1. The molecule has 19 heavy (non-hydrogen) atoms. The fourth-order valence-corrected chi connectivity index (χ4v) is 1.96. The van der Waals surface area contributed by atoms with Gasteiger partial charge in [0.15, 0.2) is 0 Å². The van der Waals surface area contributed by atoms with Crippen LogP contribution < -0.4 is 5.32 Å². The van der Waals surface area contributed by atoms with Crippen molar-refractivity contribution in [3.63, 3.8) is 0 Å². The summed E-state index contributed by atoms with van der Waals surface area (Å²) >= 11 is 0. The van der Waals surface area contributed by atoms with E-state index >= 15 is 0 Å². The summed E-state index contributed by atoms with van der Waals surface area (Å²) in [6.07, 6.45) is 2.40. The Kier molecular flexibility index (Phi) is 3.80. The first-order valence-corrected chi connectivity index (χ1v) is 6.16. The van der Waals surface area contributed by atoms with E-state index in [4.69, 9.17) is 5.11 Å². The van der Waals surface area contributed by atoms with E-state index in [9.17, 15) is 4.79 Å². The quantitative estimate of drug-likeness (QED) is 0.880. The lowest BCUT2D eigenvalue weighted by molar-refractivity contribution is 0.0697. The van der Waals surface area contributed by atoms with Crippen LogP contribution in [0.3, 0.4) is 0 Å². The topological polar surface area (TPSA) is 62.2 Å². The number of benzene rings is 1. The molecule has 0 fully saturated rings. The molecule has 0 unspecified atom stereocenters. The minimum Gasteiger partial charge on any atom is -0.478 e. The molecule has 0 radical (unpaired) electrons. The Hall–Kier alpha value is -2.36. The first-order chi connectivity index (χ1) is 9.11. The van der Waals surface area contributed by atoms with Crippen molar-refractivity contribution in [1.29, 1.82) is 0 Å². The summed E-state index contributed by atoms with van der Waals surface area (Å²) in [5.74, 6) is -0.408. The van der Waals surface area contributed by atoms with Gasteiger partial charge in [-0.1, -0.05) is 25.1 Å². The maximum absolute atomic E-state index is 10.9. The molecule has 1 aromatic carbocycles. The van der Waals surface area contributed by atoms with Gasteiger partial charge in [0.25, 0.3) is 0 Å². The highest BCUT2D eigenvalue weighted by molar-refractivity contribution is 5.88. The van der Waals surface area contributed by atoms with Gasteiger partial charge in [-0.05, 0) is 36.6 Å². The number of nitrogens with zero attached hydrogens (tertiary/aromatic N) is 1. The molecule has 0 saturated carbocycles. The standard InChI is InChI=1S/C15H16N2O2/c1-3-11-6-4-5-10(2)14(11)17-13-9-12(15(18)19)7-8-16-13/h4-9H,3H2,1-2H3,(H,16,17)(H,18,19). The number of carboxylic acid groups (broad SMARTS) is 1. The highest BCUT2D eigenvalue weighted by atomic mass is 16.4. The van der Waals surface area contributed by atoms with E-state index < -0.39 is 5.97 Å². The molecule has 98 valence electrons. The van der Waals surface area contributed by atoms with Gasteiger partial charge < -0.3 is 10.4 Å². The lowest BCUT2D eigenvalue weighted by Crippen LogP contribution is -2.02. The van der Waals surface area contributed by atoms with Crippen LogP contribution in [0.4, 0.5) is 11.5 Å². The van der Waals surface area contributed by atoms with E-state index in [1.54, 1.807) is 0 Å². The van der Waals surface area contributed by atoms with E-state index in [1.165, 1.54) is 23.9 Å². The molecular formula is C15H16N2O2. The van der Waals surface area contributed by atoms with Gasteiger partial charge in [-0.25, -0.2) is 9.78 Å². The van der Waals surface area contributed by atoms with Crippen molar-refractivity contribution >= 4 is 17.5 Å². The number of pyridine rings is 1. The number of anilines is 2. The molecule has 4 nitrogen and oxygen atoms in total. The first-order valence-electron chi connectivity index (χ1n) is 6.16. The Bertz CT molecular complexity index is 609. The van der Waals surface area contributed by atoms with Crippen LogP contribution >= 0.6 is 0 Å². The van der Waals surface area contributed by atoms with Gasteiger partial charge in [0.2, 0.25) is 0 Å². The number of carbonyl (C=O) groups is 1. The van der Waals surface area contributed by atoms with Crippen LogP contribution in [0, 0.1) is 6.92 Å². The van der Waals surface area contributed by atoms with Crippen LogP contribution in [-0.2, 0) is 6.42 Å². The summed E-state index contributed by atoms with van der Waals surface area (Å²) in [6.45, 7) is 4.10. The molecule has 0 aliphatic heterocycles. The summed E-state index contributed by atoms with van der Waals surface area (Å²) in [5, 5.41) is 12.2. The maximum Gasteiger partial charge on any atom is 0.335 e. The molecule has 1 aromatic heterocycles. The van der Waals surface area contributed by atoms with Crippen molar-refractivity contribution < 1.29 is 9.90 Å². The Morgan fingerprint density at radius 1 is 1.37 bits per heavy atom. The summed E-state index contributed by atoms with van der Waals surface area (Å²) < 4.78 is 0. The highest BCUT2D eigenvalue weighted by Gasteiger charge is 2.08. The lowest BCUT2D eigenvalue weighted by Gasteiger charge is -2.13. The van der Waals surface area contributed by atoms with E-state index in [0.717, 1.165) is 17.7 Å². The number of hydrogen-bond acceptors (Lipinski definition) is 3. The monoisotopic (exact) mass is 256 g/mol. The van der Waals surface area contributed by atoms with Crippen molar-refractivity contribution in [1.82, 2.24) is 4.98 Å². The second kappa shape index (κ2) is 5.52. The largest absolute Gasteiger partial charge is 0.478 e.